The number of carbonyl (C=O) groups is 2. The van der Waals surface area contributed by atoms with Crippen LogP contribution in [0.1, 0.15) is 19.8 Å². The predicted octanol–water partition coefficient (Wildman–Crippen LogP) is 1.61. The quantitative estimate of drug-likeness (QED) is 0.425. The van der Waals surface area contributed by atoms with Gasteiger partial charge in [-0.2, -0.15) is 0 Å². The molecule has 0 spiro atoms. The summed E-state index contributed by atoms with van der Waals surface area (Å²) in [5.41, 5.74) is -0.196. The Morgan fingerprint density at radius 3 is 2.65 bits per heavy atom. The maximum atomic E-state index is 11.6. The van der Waals surface area contributed by atoms with Crippen molar-refractivity contribution in [1.82, 2.24) is 10.6 Å². The normalized spacial score (nSPS) is 9.83. The Hall–Kier alpha value is -2.84. The Morgan fingerprint density at radius 1 is 1.30 bits per heavy atom. The van der Waals surface area contributed by atoms with Crippen molar-refractivity contribution in [2.75, 3.05) is 20.3 Å². The van der Waals surface area contributed by atoms with Crippen molar-refractivity contribution in [2.45, 2.75) is 19.8 Å². The SMILES string of the molecule is CCCCNC(=O)NC(=O)COc1cc([N+](=O)[O-])ccc1OC. The number of methoxy groups -OCH3 is 1. The van der Waals surface area contributed by atoms with Crippen LogP contribution in [-0.2, 0) is 4.79 Å². The highest BCUT2D eigenvalue weighted by Crippen LogP contribution is 2.30. The van der Waals surface area contributed by atoms with Crippen molar-refractivity contribution in [1.29, 1.82) is 0 Å². The van der Waals surface area contributed by atoms with Crippen molar-refractivity contribution < 1.29 is 24.0 Å². The largest absolute Gasteiger partial charge is 0.493 e. The minimum Gasteiger partial charge on any atom is -0.493 e. The van der Waals surface area contributed by atoms with Crippen LogP contribution in [0, 0.1) is 10.1 Å². The predicted molar refractivity (Wildman–Crippen MR) is 81.6 cm³/mol. The minimum absolute atomic E-state index is 0.0447. The first-order chi connectivity index (χ1) is 11.0. The molecule has 0 aliphatic carbocycles. The van der Waals surface area contributed by atoms with Gasteiger partial charge in [-0.25, -0.2) is 4.79 Å². The van der Waals surface area contributed by atoms with Gasteiger partial charge in [-0.3, -0.25) is 20.2 Å². The van der Waals surface area contributed by atoms with Gasteiger partial charge in [0.05, 0.1) is 18.1 Å². The number of urea groups is 1. The molecule has 1 aromatic rings. The number of unbranched alkanes of at least 4 members (excludes halogenated alkanes) is 1. The van der Waals surface area contributed by atoms with Gasteiger partial charge in [0.25, 0.3) is 11.6 Å². The molecule has 2 N–H and O–H groups in total. The second kappa shape index (κ2) is 9.23. The second-order valence-corrected chi connectivity index (χ2v) is 4.54. The van der Waals surface area contributed by atoms with Crippen molar-refractivity contribution in [3.63, 3.8) is 0 Å². The fourth-order valence-electron chi connectivity index (χ4n) is 1.62. The maximum absolute atomic E-state index is 11.6. The van der Waals surface area contributed by atoms with Gasteiger partial charge in [-0.05, 0) is 12.5 Å². The number of nitro benzene ring substituents is 1. The molecule has 0 atom stereocenters. The lowest BCUT2D eigenvalue weighted by Crippen LogP contribution is -2.41. The first kappa shape index (κ1) is 18.2. The van der Waals surface area contributed by atoms with Crippen LogP contribution in [-0.4, -0.2) is 37.1 Å². The van der Waals surface area contributed by atoms with Crippen LogP contribution in [0.5, 0.6) is 11.5 Å². The number of nitrogens with zero attached hydrogens (tertiary/aromatic N) is 1. The summed E-state index contributed by atoms with van der Waals surface area (Å²) in [5, 5.41) is 15.4. The standard InChI is InChI=1S/C14H19N3O6/c1-3-4-7-15-14(19)16-13(18)9-23-12-8-10(17(20)21)5-6-11(12)22-2/h5-6,8H,3-4,7,9H2,1-2H3,(H2,15,16,18,19). The van der Waals surface area contributed by atoms with Gasteiger partial charge in [0.2, 0.25) is 0 Å². The van der Waals surface area contributed by atoms with E-state index >= 15 is 0 Å². The zero-order valence-corrected chi connectivity index (χ0v) is 13.0. The number of hydrogen-bond acceptors (Lipinski definition) is 6. The fourth-order valence-corrected chi connectivity index (χ4v) is 1.62. The lowest BCUT2D eigenvalue weighted by atomic mass is 10.3. The number of carbonyl (C=O) groups excluding carboxylic acids is 2. The Bertz CT molecular complexity index is 576. The van der Waals surface area contributed by atoms with Gasteiger partial charge in [0.1, 0.15) is 0 Å². The van der Waals surface area contributed by atoms with Gasteiger partial charge in [-0.1, -0.05) is 13.3 Å². The molecule has 0 saturated heterocycles. The van der Waals surface area contributed by atoms with Crippen LogP contribution in [0.2, 0.25) is 0 Å². The van der Waals surface area contributed by atoms with E-state index in [4.69, 9.17) is 9.47 Å². The molecule has 0 fully saturated rings. The molecule has 1 rings (SSSR count). The van der Waals surface area contributed by atoms with Crippen LogP contribution in [0.15, 0.2) is 18.2 Å². The van der Waals surface area contributed by atoms with E-state index in [0.29, 0.717) is 6.54 Å². The van der Waals surface area contributed by atoms with Gasteiger partial charge >= 0.3 is 6.03 Å². The number of ether oxygens (including phenoxy) is 2. The molecule has 126 valence electrons. The third-order valence-corrected chi connectivity index (χ3v) is 2.79. The zero-order chi connectivity index (χ0) is 17.2. The average Bonchev–Trinajstić information content (AvgIpc) is 2.52. The summed E-state index contributed by atoms with van der Waals surface area (Å²) in [6, 6.07) is 3.15. The first-order valence-corrected chi connectivity index (χ1v) is 7.00. The van der Waals surface area contributed by atoms with Gasteiger partial charge in [-0.15, -0.1) is 0 Å². The molecule has 0 unspecified atom stereocenters. The van der Waals surface area contributed by atoms with E-state index in [1.165, 1.54) is 19.2 Å². The summed E-state index contributed by atoms with van der Waals surface area (Å²) >= 11 is 0. The van der Waals surface area contributed by atoms with Crippen molar-refractivity contribution in [3.05, 3.63) is 28.3 Å². The smallest absolute Gasteiger partial charge is 0.321 e. The van der Waals surface area contributed by atoms with Crippen molar-refractivity contribution in [2.24, 2.45) is 0 Å². The molecule has 0 bridgehead atoms. The first-order valence-electron chi connectivity index (χ1n) is 7.00. The molecule has 0 aromatic heterocycles. The number of amides is 3. The van der Waals surface area contributed by atoms with Gasteiger partial charge in [0, 0.05) is 12.6 Å². The third kappa shape index (κ3) is 6.20. The van der Waals surface area contributed by atoms with Crippen molar-refractivity contribution >= 4 is 17.6 Å². The van der Waals surface area contributed by atoms with Crippen molar-refractivity contribution in [3.8, 4) is 11.5 Å². The van der Waals surface area contributed by atoms with Crippen LogP contribution in [0.3, 0.4) is 0 Å². The molecular formula is C14H19N3O6. The molecule has 23 heavy (non-hydrogen) atoms. The summed E-state index contributed by atoms with van der Waals surface area (Å²) in [6.07, 6.45) is 1.73. The van der Waals surface area contributed by atoms with Crippen LogP contribution >= 0.6 is 0 Å². The summed E-state index contributed by atoms with van der Waals surface area (Å²) < 4.78 is 10.2. The van der Waals surface area contributed by atoms with Crippen LogP contribution in [0.4, 0.5) is 10.5 Å². The highest BCUT2D eigenvalue weighted by Gasteiger charge is 2.14. The number of nitro groups is 1. The molecule has 3 amide bonds. The van der Waals surface area contributed by atoms with Crippen LogP contribution < -0.4 is 20.1 Å². The maximum Gasteiger partial charge on any atom is 0.321 e. The van der Waals surface area contributed by atoms with E-state index in [-0.39, 0.29) is 17.2 Å². The lowest BCUT2D eigenvalue weighted by Gasteiger charge is -2.10. The van der Waals surface area contributed by atoms with E-state index in [0.717, 1.165) is 18.9 Å². The lowest BCUT2D eigenvalue weighted by molar-refractivity contribution is -0.385. The second-order valence-electron chi connectivity index (χ2n) is 4.54. The molecule has 0 radical (unpaired) electrons. The topological polar surface area (TPSA) is 120 Å². The number of rotatable bonds is 8. The van der Waals surface area contributed by atoms with E-state index in [1.807, 2.05) is 6.92 Å². The molecule has 0 heterocycles. The molecule has 9 heteroatoms. The monoisotopic (exact) mass is 325 g/mol. The number of benzene rings is 1. The summed E-state index contributed by atoms with van der Waals surface area (Å²) in [7, 11) is 1.37. The zero-order valence-electron chi connectivity index (χ0n) is 13.0. The average molecular weight is 325 g/mol. The number of nitrogens with one attached hydrogen (secondary N) is 2. The van der Waals surface area contributed by atoms with E-state index in [1.54, 1.807) is 0 Å². The van der Waals surface area contributed by atoms with E-state index in [9.17, 15) is 19.7 Å². The highest BCUT2D eigenvalue weighted by atomic mass is 16.6. The number of hydrogen-bond donors (Lipinski definition) is 2. The highest BCUT2D eigenvalue weighted by molar-refractivity contribution is 5.95. The third-order valence-electron chi connectivity index (χ3n) is 2.79. The molecule has 0 saturated carbocycles. The number of non-ortho nitro benzene ring substituents is 1. The van der Waals surface area contributed by atoms with Crippen LogP contribution in [0.25, 0.3) is 0 Å². The Balaban J connectivity index is 2.56. The molecule has 0 aliphatic rings. The fraction of sp³-hybridized carbons (Fsp3) is 0.429. The molecular weight excluding hydrogens is 306 g/mol. The molecule has 1 aromatic carbocycles. The summed E-state index contributed by atoms with van der Waals surface area (Å²) in [4.78, 5) is 33.1. The number of imide groups is 1. The molecule has 0 aliphatic heterocycles. The Kier molecular flexibility index (Phi) is 7.31. The summed E-state index contributed by atoms with van der Waals surface area (Å²) in [5.74, 6) is -0.383. The summed E-state index contributed by atoms with van der Waals surface area (Å²) in [6.45, 7) is 1.97. The Morgan fingerprint density at radius 2 is 2.04 bits per heavy atom. The van der Waals surface area contributed by atoms with Gasteiger partial charge in [0.15, 0.2) is 18.1 Å². The molecule has 9 nitrogen and oxygen atoms in total. The van der Waals surface area contributed by atoms with E-state index in [2.05, 4.69) is 10.6 Å². The van der Waals surface area contributed by atoms with E-state index < -0.39 is 23.5 Å². The minimum atomic E-state index is -0.674. The Labute approximate surface area is 133 Å². The van der Waals surface area contributed by atoms with Gasteiger partial charge < -0.3 is 14.8 Å².